The van der Waals surface area contributed by atoms with E-state index in [9.17, 15) is 0 Å². The van der Waals surface area contributed by atoms with E-state index in [4.69, 9.17) is 5.73 Å². The first kappa shape index (κ1) is 8.85. The van der Waals surface area contributed by atoms with E-state index < -0.39 is 0 Å². The minimum absolute atomic E-state index is 0.896. The van der Waals surface area contributed by atoms with E-state index in [-0.39, 0.29) is 0 Å². The van der Waals surface area contributed by atoms with E-state index in [2.05, 4.69) is 19.1 Å². The van der Waals surface area contributed by atoms with E-state index >= 15 is 0 Å². The van der Waals surface area contributed by atoms with Crippen LogP contribution < -0.4 is 5.73 Å². The van der Waals surface area contributed by atoms with Gasteiger partial charge in [0.1, 0.15) is 0 Å². The Morgan fingerprint density at radius 2 is 2.08 bits per heavy atom. The van der Waals surface area contributed by atoms with E-state index in [0.717, 1.165) is 16.8 Å². The van der Waals surface area contributed by atoms with Gasteiger partial charge < -0.3 is 5.73 Å². The molecule has 0 saturated carbocycles. The Bertz CT molecular complexity index is 311. The van der Waals surface area contributed by atoms with Crippen LogP contribution in [0.1, 0.15) is 25.0 Å². The summed E-state index contributed by atoms with van der Waals surface area (Å²) in [7, 11) is 0. The molecular weight excluding hydrogens is 146 g/mol. The third kappa shape index (κ3) is 1.50. The smallest absolute Gasteiger partial charge is 0.0419 e. The van der Waals surface area contributed by atoms with E-state index in [1.807, 2.05) is 26.0 Å². The Morgan fingerprint density at radius 3 is 2.67 bits per heavy atom. The maximum Gasteiger partial charge on any atom is 0.0419 e. The van der Waals surface area contributed by atoms with Crippen molar-refractivity contribution in [2.75, 3.05) is 5.73 Å². The van der Waals surface area contributed by atoms with Gasteiger partial charge in [0, 0.05) is 11.3 Å². The van der Waals surface area contributed by atoms with Gasteiger partial charge in [-0.1, -0.05) is 24.3 Å². The number of nitrogen functional groups attached to an aromatic ring is 1. The number of benzene rings is 1. The summed E-state index contributed by atoms with van der Waals surface area (Å²) in [6, 6.07) is 6.12. The third-order valence-electron chi connectivity index (χ3n) is 2.18. The van der Waals surface area contributed by atoms with Crippen LogP contribution >= 0.6 is 0 Å². The van der Waals surface area contributed by atoms with Gasteiger partial charge in [-0.3, -0.25) is 0 Å². The molecule has 2 N–H and O–H groups in total. The van der Waals surface area contributed by atoms with Crippen LogP contribution in [0.2, 0.25) is 0 Å². The monoisotopic (exact) mass is 161 g/mol. The average Bonchev–Trinajstić information content (AvgIpc) is 2.08. The lowest BCUT2D eigenvalue weighted by Gasteiger charge is -2.07. The van der Waals surface area contributed by atoms with Gasteiger partial charge in [0.2, 0.25) is 0 Å². The first-order valence-corrected chi connectivity index (χ1v) is 4.15. The fraction of sp³-hybridized carbons (Fsp3) is 0.273. The molecule has 12 heavy (non-hydrogen) atoms. The molecule has 0 atom stereocenters. The normalized spacial score (nSPS) is 11.8. The highest BCUT2D eigenvalue weighted by Crippen LogP contribution is 2.23. The van der Waals surface area contributed by atoms with Crippen molar-refractivity contribution in [3.8, 4) is 0 Å². The average molecular weight is 161 g/mol. The fourth-order valence-electron chi connectivity index (χ4n) is 1.18. The highest BCUT2D eigenvalue weighted by molar-refractivity contribution is 5.75. The lowest BCUT2D eigenvalue weighted by Crippen LogP contribution is -1.94. The number of anilines is 1. The van der Waals surface area contributed by atoms with Gasteiger partial charge in [-0.15, -0.1) is 0 Å². The Kier molecular flexibility index (Phi) is 2.54. The van der Waals surface area contributed by atoms with Crippen molar-refractivity contribution >= 4 is 11.3 Å². The van der Waals surface area contributed by atoms with Crippen LogP contribution in [0.25, 0.3) is 5.57 Å². The zero-order valence-electron chi connectivity index (χ0n) is 7.89. The molecule has 0 radical (unpaired) electrons. The van der Waals surface area contributed by atoms with Crippen molar-refractivity contribution in [2.45, 2.75) is 20.8 Å². The molecule has 0 bridgehead atoms. The van der Waals surface area contributed by atoms with Gasteiger partial charge in [0.15, 0.2) is 0 Å². The molecule has 0 aliphatic heterocycles. The van der Waals surface area contributed by atoms with Crippen LogP contribution in [0, 0.1) is 6.92 Å². The molecule has 64 valence electrons. The second-order valence-electron chi connectivity index (χ2n) is 3.01. The minimum atomic E-state index is 0.896. The van der Waals surface area contributed by atoms with Crippen LogP contribution in [-0.2, 0) is 0 Å². The molecule has 0 unspecified atom stereocenters. The van der Waals surface area contributed by atoms with Crippen LogP contribution in [0.15, 0.2) is 24.3 Å². The number of aryl methyl sites for hydroxylation is 1. The Hall–Kier alpha value is -1.24. The molecule has 0 fully saturated rings. The zero-order chi connectivity index (χ0) is 9.14. The quantitative estimate of drug-likeness (QED) is 0.629. The highest BCUT2D eigenvalue weighted by Gasteiger charge is 2.01. The molecule has 1 aromatic carbocycles. The minimum Gasteiger partial charge on any atom is -0.398 e. The van der Waals surface area contributed by atoms with Crippen molar-refractivity contribution in [3.05, 3.63) is 35.4 Å². The Morgan fingerprint density at radius 1 is 1.42 bits per heavy atom. The van der Waals surface area contributed by atoms with Crippen molar-refractivity contribution in [2.24, 2.45) is 0 Å². The summed E-state index contributed by atoms with van der Waals surface area (Å²) in [6.07, 6.45) is 2.07. The van der Waals surface area contributed by atoms with Crippen molar-refractivity contribution in [3.63, 3.8) is 0 Å². The summed E-state index contributed by atoms with van der Waals surface area (Å²) in [6.45, 7) is 6.13. The largest absolute Gasteiger partial charge is 0.398 e. The molecule has 0 spiro atoms. The van der Waals surface area contributed by atoms with Gasteiger partial charge in [-0.25, -0.2) is 0 Å². The molecule has 0 aliphatic rings. The van der Waals surface area contributed by atoms with Crippen molar-refractivity contribution in [1.29, 1.82) is 0 Å². The van der Waals surface area contributed by atoms with Gasteiger partial charge in [-0.05, 0) is 31.9 Å². The van der Waals surface area contributed by atoms with Crippen molar-refractivity contribution in [1.82, 2.24) is 0 Å². The highest BCUT2D eigenvalue weighted by atomic mass is 14.6. The molecule has 0 heterocycles. The first-order valence-electron chi connectivity index (χ1n) is 4.15. The topological polar surface area (TPSA) is 26.0 Å². The second kappa shape index (κ2) is 3.44. The van der Waals surface area contributed by atoms with Gasteiger partial charge in [-0.2, -0.15) is 0 Å². The van der Waals surface area contributed by atoms with Crippen LogP contribution in [0.5, 0.6) is 0 Å². The summed E-state index contributed by atoms with van der Waals surface area (Å²) < 4.78 is 0. The standard InChI is InChI=1S/C11H15N/c1-4-8(2)10-7-5-6-9(3)11(10)12/h4-7H,12H2,1-3H3/b8-4-. The first-order chi connectivity index (χ1) is 5.66. The lowest BCUT2D eigenvalue weighted by atomic mass is 10.0. The zero-order valence-corrected chi connectivity index (χ0v) is 7.89. The summed E-state index contributed by atoms with van der Waals surface area (Å²) in [5, 5.41) is 0. The molecule has 1 aromatic rings. The Labute approximate surface area is 73.9 Å². The second-order valence-corrected chi connectivity index (χ2v) is 3.01. The number of para-hydroxylation sites is 1. The third-order valence-corrected chi connectivity index (χ3v) is 2.18. The predicted octanol–water partition coefficient (Wildman–Crippen LogP) is 3.00. The number of nitrogens with two attached hydrogens (primary N) is 1. The fourth-order valence-corrected chi connectivity index (χ4v) is 1.18. The maximum atomic E-state index is 5.92. The molecule has 0 saturated heterocycles. The van der Waals surface area contributed by atoms with Gasteiger partial charge in [0.25, 0.3) is 0 Å². The predicted molar refractivity (Wildman–Crippen MR) is 54.9 cm³/mol. The number of rotatable bonds is 1. The van der Waals surface area contributed by atoms with Gasteiger partial charge >= 0.3 is 0 Å². The van der Waals surface area contributed by atoms with Crippen LogP contribution in [-0.4, -0.2) is 0 Å². The molecule has 1 rings (SSSR count). The lowest BCUT2D eigenvalue weighted by molar-refractivity contribution is 1.43. The summed E-state index contributed by atoms with van der Waals surface area (Å²) in [4.78, 5) is 0. The molecular formula is C11H15N. The molecule has 1 nitrogen and oxygen atoms in total. The summed E-state index contributed by atoms with van der Waals surface area (Å²) in [5.41, 5.74) is 10.3. The summed E-state index contributed by atoms with van der Waals surface area (Å²) in [5.74, 6) is 0. The maximum absolute atomic E-state index is 5.92. The Balaban J connectivity index is 3.26. The van der Waals surface area contributed by atoms with E-state index in [0.29, 0.717) is 0 Å². The molecule has 1 heteroatoms. The van der Waals surface area contributed by atoms with Crippen LogP contribution in [0.3, 0.4) is 0 Å². The van der Waals surface area contributed by atoms with Crippen molar-refractivity contribution < 1.29 is 0 Å². The number of hydrogen-bond acceptors (Lipinski definition) is 1. The molecule has 0 aromatic heterocycles. The number of allylic oxidation sites excluding steroid dienone is 2. The van der Waals surface area contributed by atoms with E-state index in [1.54, 1.807) is 0 Å². The van der Waals surface area contributed by atoms with Gasteiger partial charge in [0.05, 0.1) is 0 Å². The SMILES string of the molecule is C/C=C(/C)c1cccc(C)c1N. The molecule has 0 amide bonds. The van der Waals surface area contributed by atoms with Crippen LogP contribution in [0.4, 0.5) is 5.69 Å². The molecule has 0 aliphatic carbocycles. The van der Waals surface area contributed by atoms with E-state index in [1.165, 1.54) is 5.57 Å². The number of hydrogen-bond donors (Lipinski definition) is 1. The summed E-state index contributed by atoms with van der Waals surface area (Å²) >= 11 is 0.